The third kappa shape index (κ3) is 12.1. The first kappa shape index (κ1) is 50.2. The number of anilines is 6. The predicted molar refractivity (Wildman–Crippen MR) is 261 cm³/mol. The molecule has 1 saturated heterocycles. The highest BCUT2D eigenvalue weighted by Gasteiger charge is 2.41. The molecule has 0 spiro atoms. The molecule has 380 valence electrons. The number of aliphatic hydroxyl groups excluding tert-OH is 2. The van der Waals surface area contributed by atoms with Gasteiger partial charge in [-0.1, -0.05) is 18.2 Å². The van der Waals surface area contributed by atoms with Crippen LogP contribution in [0.1, 0.15) is 20.8 Å². The average molecular weight is 1010 g/mol. The van der Waals surface area contributed by atoms with E-state index in [0.717, 1.165) is 0 Å². The Hall–Kier alpha value is -7.75. The highest BCUT2D eigenvalue weighted by Crippen LogP contribution is 2.49. The number of nitrogens with one attached hydrogen (secondary N) is 1. The summed E-state index contributed by atoms with van der Waals surface area (Å²) < 4.78 is 83.4. The van der Waals surface area contributed by atoms with Gasteiger partial charge in [0.15, 0.2) is 52.0 Å². The molecule has 17 nitrogen and oxygen atoms in total. The largest absolute Gasteiger partial charge is 0.509 e. The summed E-state index contributed by atoms with van der Waals surface area (Å²) in [7, 11) is 0. The maximum atomic E-state index is 13.7. The molecule has 20 heteroatoms. The summed E-state index contributed by atoms with van der Waals surface area (Å²) in [5.74, 6) is 4.20. The van der Waals surface area contributed by atoms with Gasteiger partial charge in [0.1, 0.15) is 41.4 Å². The van der Waals surface area contributed by atoms with E-state index in [1.54, 1.807) is 80.7 Å². The summed E-state index contributed by atoms with van der Waals surface area (Å²) in [6.45, 7) is 7.74. The normalized spacial score (nSPS) is 20.6. The van der Waals surface area contributed by atoms with Crippen molar-refractivity contribution >= 4 is 40.7 Å². The molecule has 6 aliphatic rings. The zero-order valence-corrected chi connectivity index (χ0v) is 39.8. The van der Waals surface area contributed by atoms with Crippen LogP contribution in [0.2, 0.25) is 0 Å². The first-order valence-electron chi connectivity index (χ1n) is 23.2. The van der Waals surface area contributed by atoms with Crippen molar-refractivity contribution in [3.8, 4) is 34.5 Å². The van der Waals surface area contributed by atoms with E-state index < -0.39 is 35.8 Å². The number of fused-ring (bicyclic) bond motifs is 6. The monoisotopic (exact) mass is 1000 g/mol. The van der Waals surface area contributed by atoms with Crippen molar-refractivity contribution in [1.29, 1.82) is 0 Å². The Morgan fingerprint density at radius 1 is 0.644 bits per heavy atom. The number of rotatable bonds is 3. The summed E-state index contributed by atoms with van der Waals surface area (Å²) in [5.41, 5.74) is 1.19. The van der Waals surface area contributed by atoms with Gasteiger partial charge in [0.2, 0.25) is 0 Å². The van der Waals surface area contributed by atoms with Crippen molar-refractivity contribution in [2.24, 2.45) is 0 Å². The van der Waals surface area contributed by atoms with Crippen LogP contribution in [0.25, 0.3) is 0 Å². The standard InChI is InChI=1S/C16H15FN2O4.C16H13FN2O2.C11H7FN2O.C10H16O4/c17-9-3-4-13-10(6-9)19(11-7-22-8-12(20)15(11)21)16-14(23-13)2-1-5-18-16;17-11-5-6-14-13(9-11)19(12-3-2-8-20-10-12)16-15(21-14)4-1-7-18-16;12-7-3-4-9-8(6-7)14-11-10(15-9)2-1-5-13-11;1-10(2,3)14-9(11)13-8-5-4-6-12-7-8/h1-6,11-12,15,20-21H,7-8H2;1-7,9,12H,8,10H2;1-6H,(H,13,14);4-5,8H,6-7H2,1-3H3/t11-,12-,15+;12-;;/m01../s1. The first-order chi connectivity index (χ1) is 35.3. The zero-order valence-electron chi connectivity index (χ0n) is 39.8. The van der Waals surface area contributed by atoms with Crippen LogP contribution >= 0.6 is 0 Å². The van der Waals surface area contributed by atoms with Crippen LogP contribution in [0.5, 0.6) is 34.5 Å². The Labute approximate surface area is 418 Å². The van der Waals surface area contributed by atoms with Gasteiger partial charge in [-0.15, -0.1) is 0 Å². The highest BCUT2D eigenvalue weighted by atomic mass is 19.1. The molecular formula is C53H51F3N6O11. The Kier molecular flexibility index (Phi) is 15.4. The molecule has 1 fully saturated rings. The molecule has 12 rings (SSSR count). The number of hydrogen-bond acceptors (Lipinski definition) is 17. The lowest BCUT2D eigenvalue weighted by Crippen LogP contribution is -2.55. The van der Waals surface area contributed by atoms with E-state index in [4.69, 9.17) is 37.9 Å². The molecule has 6 aromatic rings. The van der Waals surface area contributed by atoms with E-state index >= 15 is 0 Å². The Morgan fingerprint density at radius 2 is 1.21 bits per heavy atom. The SMILES string of the molecule is CC(C)(C)OC(=O)OC1C=CCOC1.Fc1ccc2c(c1)N([C@@H]1C=CCOC1)c1ncccc1O2.Fc1ccc2c(c1)Nc1ncccc1O2.O[C@H]1[C@@H](O)COC[C@@H]1N1c2cc(F)ccc2Oc2cccnc21. The summed E-state index contributed by atoms with van der Waals surface area (Å²) >= 11 is 0. The molecule has 0 bridgehead atoms. The Morgan fingerprint density at radius 3 is 1.82 bits per heavy atom. The van der Waals surface area contributed by atoms with Crippen LogP contribution in [-0.4, -0.2) is 107 Å². The lowest BCUT2D eigenvalue weighted by atomic mass is 10.0. The van der Waals surface area contributed by atoms with Crippen molar-refractivity contribution in [2.45, 2.75) is 56.8 Å². The van der Waals surface area contributed by atoms with Gasteiger partial charge in [-0.2, -0.15) is 0 Å². The van der Waals surface area contributed by atoms with Gasteiger partial charge in [0, 0.05) is 36.8 Å². The van der Waals surface area contributed by atoms with Crippen molar-refractivity contribution < 1.29 is 66.1 Å². The predicted octanol–water partition coefficient (Wildman–Crippen LogP) is 9.97. The quantitative estimate of drug-likeness (QED) is 0.112. The van der Waals surface area contributed by atoms with Crippen LogP contribution < -0.4 is 29.3 Å². The molecule has 73 heavy (non-hydrogen) atoms. The number of carbonyl (C=O) groups is 1. The summed E-state index contributed by atoms with van der Waals surface area (Å²) in [4.78, 5) is 27.6. The lowest BCUT2D eigenvalue weighted by Gasteiger charge is -2.42. The third-order valence-corrected chi connectivity index (χ3v) is 11.3. The van der Waals surface area contributed by atoms with Gasteiger partial charge < -0.3 is 63.2 Å². The molecule has 0 saturated carbocycles. The van der Waals surface area contributed by atoms with Crippen molar-refractivity contribution in [3.63, 3.8) is 0 Å². The molecule has 5 atom stereocenters. The van der Waals surface area contributed by atoms with Gasteiger partial charge in [-0.05, 0) is 99.6 Å². The summed E-state index contributed by atoms with van der Waals surface area (Å²) in [6.07, 6.45) is 9.54. The fourth-order valence-electron chi connectivity index (χ4n) is 8.12. The van der Waals surface area contributed by atoms with Crippen LogP contribution in [0, 0.1) is 17.5 Å². The minimum absolute atomic E-state index is 0.0307. The molecular weight excluding hydrogens is 954 g/mol. The number of ether oxygens (including phenoxy) is 8. The van der Waals surface area contributed by atoms with Crippen LogP contribution in [0.15, 0.2) is 134 Å². The third-order valence-electron chi connectivity index (χ3n) is 11.3. The average Bonchev–Trinajstić information content (AvgIpc) is 3.38. The topological polar surface area (TPSA) is 189 Å². The lowest BCUT2D eigenvalue weighted by molar-refractivity contribution is -0.0965. The van der Waals surface area contributed by atoms with E-state index in [1.165, 1.54) is 42.5 Å². The molecule has 1 unspecified atom stereocenters. The van der Waals surface area contributed by atoms with Crippen molar-refractivity contribution in [3.05, 3.63) is 151 Å². The van der Waals surface area contributed by atoms with E-state index in [0.29, 0.717) is 95.4 Å². The van der Waals surface area contributed by atoms with E-state index in [-0.39, 0.29) is 37.0 Å². The molecule has 9 heterocycles. The number of carbonyl (C=O) groups excluding carboxylic acids is 1. The van der Waals surface area contributed by atoms with Crippen molar-refractivity contribution in [2.75, 3.05) is 54.8 Å². The first-order valence-corrected chi connectivity index (χ1v) is 23.2. The Bertz CT molecular complexity index is 2980. The van der Waals surface area contributed by atoms with E-state index in [2.05, 4.69) is 26.3 Å². The Balaban J connectivity index is 0.000000122. The number of benzene rings is 3. The van der Waals surface area contributed by atoms with E-state index in [9.17, 15) is 28.2 Å². The van der Waals surface area contributed by atoms with Crippen LogP contribution in [0.3, 0.4) is 0 Å². The van der Waals surface area contributed by atoms with Crippen LogP contribution in [-0.2, 0) is 23.7 Å². The number of aromatic nitrogens is 3. The molecule has 3 aromatic heterocycles. The van der Waals surface area contributed by atoms with Crippen LogP contribution in [0.4, 0.5) is 52.5 Å². The molecule has 3 aromatic carbocycles. The second-order valence-electron chi connectivity index (χ2n) is 17.8. The number of pyridine rings is 3. The fraction of sp³-hybridized carbons (Fsp3) is 0.283. The van der Waals surface area contributed by atoms with E-state index in [1.807, 2.05) is 35.3 Å². The number of aliphatic hydroxyl groups is 2. The maximum Gasteiger partial charge on any atom is 0.509 e. The molecule has 0 radical (unpaired) electrons. The summed E-state index contributed by atoms with van der Waals surface area (Å²) in [6, 6.07) is 23.1. The molecule has 0 amide bonds. The number of nitrogens with zero attached hydrogens (tertiary/aromatic N) is 5. The van der Waals surface area contributed by atoms with Gasteiger partial charge in [-0.3, -0.25) is 0 Å². The number of hydrogen-bond donors (Lipinski definition) is 3. The van der Waals surface area contributed by atoms with Crippen molar-refractivity contribution in [1.82, 2.24) is 15.0 Å². The minimum Gasteiger partial charge on any atom is -0.451 e. The number of halogens is 3. The van der Waals surface area contributed by atoms with Gasteiger partial charge in [0.05, 0.1) is 68.8 Å². The van der Waals surface area contributed by atoms with Gasteiger partial charge in [0.25, 0.3) is 0 Å². The highest BCUT2D eigenvalue weighted by molar-refractivity contribution is 5.78. The smallest absolute Gasteiger partial charge is 0.451 e. The molecule has 3 N–H and O–H groups in total. The molecule has 6 aliphatic heterocycles. The maximum absolute atomic E-state index is 13.7. The second kappa shape index (κ2) is 22.3. The fourth-order valence-corrected chi connectivity index (χ4v) is 8.12. The van der Waals surface area contributed by atoms with Gasteiger partial charge in [-0.25, -0.2) is 32.9 Å². The molecule has 0 aliphatic carbocycles. The zero-order chi connectivity index (χ0) is 51.1. The minimum atomic E-state index is -1.05. The van der Waals surface area contributed by atoms with Gasteiger partial charge >= 0.3 is 6.16 Å². The summed E-state index contributed by atoms with van der Waals surface area (Å²) in [5, 5.41) is 23.3. The second-order valence-corrected chi connectivity index (χ2v) is 17.8.